The highest BCUT2D eigenvalue weighted by molar-refractivity contribution is 9.10. The molecule has 0 N–H and O–H groups in total. The van der Waals surface area contributed by atoms with E-state index in [1.807, 2.05) is 39.0 Å². The Morgan fingerprint density at radius 2 is 2.17 bits per heavy atom. The smallest absolute Gasteiger partial charge is 0.254 e. The van der Waals surface area contributed by atoms with E-state index in [9.17, 15) is 4.79 Å². The number of hydrogen-bond acceptors (Lipinski definition) is 2. The lowest BCUT2D eigenvalue weighted by atomic mass is 10.1. The second kappa shape index (κ2) is 6.55. The van der Waals surface area contributed by atoms with Crippen LogP contribution >= 0.6 is 15.9 Å². The molecule has 1 aromatic carbocycles. The van der Waals surface area contributed by atoms with Gasteiger partial charge in [0.2, 0.25) is 0 Å². The summed E-state index contributed by atoms with van der Waals surface area (Å²) in [4.78, 5) is 14.2. The molecule has 0 aromatic heterocycles. The SMILES string of the molecule is Cc1ccc(Br)cc1C(=O)N(CCC#N)C(C)C. The van der Waals surface area contributed by atoms with Gasteiger partial charge in [0.05, 0.1) is 12.5 Å². The molecule has 0 saturated heterocycles. The predicted molar refractivity (Wildman–Crippen MR) is 75.3 cm³/mol. The molecule has 18 heavy (non-hydrogen) atoms. The molecule has 3 nitrogen and oxygen atoms in total. The first-order valence-corrected chi connectivity index (χ1v) is 6.70. The van der Waals surface area contributed by atoms with E-state index in [1.54, 1.807) is 4.90 Å². The zero-order valence-corrected chi connectivity index (χ0v) is 12.5. The topological polar surface area (TPSA) is 44.1 Å². The minimum Gasteiger partial charge on any atom is -0.335 e. The first-order valence-electron chi connectivity index (χ1n) is 5.91. The molecule has 0 heterocycles. The molecule has 0 saturated carbocycles. The molecule has 1 aromatic rings. The van der Waals surface area contributed by atoms with Crippen LogP contribution in [-0.2, 0) is 0 Å². The van der Waals surface area contributed by atoms with Crippen molar-refractivity contribution in [3.8, 4) is 6.07 Å². The van der Waals surface area contributed by atoms with Gasteiger partial charge < -0.3 is 4.90 Å². The van der Waals surface area contributed by atoms with Crippen molar-refractivity contribution >= 4 is 21.8 Å². The molecule has 96 valence electrons. The van der Waals surface area contributed by atoms with Gasteiger partial charge in [0.25, 0.3) is 5.91 Å². The van der Waals surface area contributed by atoms with Crippen molar-refractivity contribution in [3.05, 3.63) is 33.8 Å². The Hall–Kier alpha value is -1.34. The van der Waals surface area contributed by atoms with Crippen molar-refractivity contribution in [2.75, 3.05) is 6.54 Å². The van der Waals surface area contributed by atoms with E-state index in [0.717, 1.165) is 10.0 Å². The van der Waals surface area contributed by atoms with Crippen LogP contribution < -0.4 is 0 Å². The van der Waals surface area contributed by atoms with Crippen LogP contribution in [0.3, 0.4) is 0 Å². The van der Waals surface area contributed by atoms with Gasteiger partial charge in [-0.15, -0.1) is 0 Å². The van der Waals surface area contributed by atoms with Crippen LogP contribution in [0, 0.1) is 18.3 Å². The number of amides is 1. The predicted octanol–water partition coefficient (Wildman–Crippen LogP) is 3.52. The maximum atomic E-state index is 12.5. The summed E-state index contributed by atoms with van der Waals surface area (Å²) in [6.07, 6.45) is 0.358. The molecule has 0 aliphatic carbocycles. The van der Waals surface area contributed by atoms with Gasteiger partial charge in [-0.2, -0.15) is 5.26 Å². The molecule has 0 atom stereocenters. The maximum absolute atomic E-state index is 12.5. The van der Waals surface area contributed by atoms with Crippen LogP contribution in [-0.4, -0.2) is 23.4 Å². The highest BCUT2D eigenvalue weighted by Gasteiger charge is 2.20. The van der Waals surface area contributed by atoms with E-state index >= 15 is 0 Å². The van der Waals surface area contributed by atoms with Gasteiger partial charge in [0.1, 0.15) is 0 Å². The van der Waals surface area contributed by atoms with Gasteiger partial charge in [-0.1, -0.05) is 22.0 Å². The average Bonchev–Trinajstić information content (AvgIpc) is 2.32. The number of nitriles is 1. The first kappa shape index (κ1) is 14.7. The molecule has 1 amide bonds. The molecule has 0 aliphatic heterocycles. The largest absolute Gasteiger partial charge is 0.335 e. The molecule has 0 aliphatic rings. The van der Waals surface area contributed by atoms with E-state index in [1.165, 1.54) is 0 Å². The van der Waals surface area contributed by atoms with Gasteiger partial charge in [0, 0.05) is 22.6 Å². The van der Waals surface area contributed by atoms with Gasteiger partial charge >= 0.3 is 0 Å². The van der Waals surface area contributed by atoms with E-state index < -0.39 is 0 Å². The van der Waals surface area contributed by atoms with E-state index in [2.05, 4.69) is 22.0 Å². The fourth-order valence-electron chi connectivity index (χ4n) is 1.74. The summed E-state index contributed by atoms with van der Waals surface area (Å²) in [5, 5.41) is 8.65. The molecule has 4 heteroatoms. The molecule has 0 unspecified atom stereocenters. The molecule has 0 spiro atoms. The molecular weight excluding hydrogens is 292 g/mol. The highest BCUT2D eigenvalue weighted by atomic mass is 79.9. The van der Waals surface area contributed by atoms with Gasteiger partial charge in [-0.05, 0) is 38.5 Å². The van der Waals surface area contributed by atoms with E-state index in [-0.39, 0.29) is 11.9 Å². The fourth-order valence-corrected chi connectivity index (χ4v) is 2.11. The van der Waals surface area contributed by atoms with Crippen LogP contribution in [0.25, 0.3) is 0 Å². The Labute approximate surface area is 117 Å². The van der Waals surface area contributed by atoms with Crippen LogP contribution in [0.1, 0.15) is 36.2 Å². The minimum absolute atomic E-state index is 0.0148. The lowest BCUT2D eigenvalue weighted by Gasteiger charge is -2.26. The monoisotopic (exact) mass is 308 g/mol. The number of carbonyl (C=O) groups is 1. The zero-order chi connectivity index (χ0) is 13.7. The number of halogens is 1. The Balaban J connectivity index is 3.02. The summed E-state index contributed by atoms with van der Waals surface area (Å²) < 4.78 is 0.889. The quantitative estimate of drug-likeness (QED) is 0.854. The number of hydrogen-bond donors (Lipinski definition) is 0. The molecule has 0 radical (unpaired) electrons. The van der Waals surface area contributed by atoms with Crippen molar-refractivity contribution in [2.24, 2.45) is 0 Å². The van der Waals surface area contributed by atoms with Crippen molar-refractivity contribution < 1.29 is 4.79 Å². The zero-order valence-electron chi connectivity index (χ0n) is 10.9. The molecular formula is C14H17BrN2O. The second-order valence-corrected chi connectivity index (χ2v) is 5.38. The number of aryl methyl sites for hydroxylation is 1. The molecule has 0 fully saturated rings. The Morgan fingerprint density at radius 3 is 2.72 bits per heavy atom. The Morgan fingerprint density at radius 1 is 1.50 bits per heavy atom. The Bertz CT molecular complexity index is 477. The van der Waals surface area contributed by atoms with Gasteiger partial charge in [-0.25, -0.2) is 0 Å². The fraction of sp³-hybridized carbons (Fsp3) is 0.429. The van der Waals surface area contributed by atoms with Crippen molar-refractivity contribution in [3.63, 3.8) is 0 Å². The summed E-state index contributed by atoms with van der Waals surface area (Å²) in [6.45, 7) is 6.31. The highest BCUT2D eigenvalue weighted by Crippen LogP contribution is 2.19. The average molecular weight is 309 g/mol. The number of rotatable bonds is 4. The number of benzene rings is 1. The summed E-state index contributed by atoms with van der Waals surface area (Å²) in [5.41, 5.74) is 1.64. The summed E-state index contributed by atoms with van der Waals surface area (Å²) >= 11 is 3.38. The Kier molecular flexibility index (Phi) is 5.36. The van der Waals surface area contributed by atoms with Gasteiger partial charge in [0.15, 0.2) is 0 Å². The third-order valence-corrected chi connectivity index (χ3v) is 3.27. The molecule has 0 bridgehead atoms. The summed E-state index contributed by atoms with van der Waals surface area (Å²) in [5.74, 6) is -0.0148. The maximum Gasteiger partial charge on any atom is 0.254 e. The lowest BCUT2D eigenvalue weighted by molar-refractivity contribution is 0.0709. The standard InChI is InChI=1S/C14H17BrN2O/c1-10(2)17(8-4-7-16)14(18)13-9-12(15)6-5-11(13)3/h5-6,9-10H,4,8H2,1-3H3. The van der Waals surface area contributed by atoms with E-state index in [0.29, 0.717) is 18.5 Å². The number of carbonyl (C=O) groups excluding carboxylic acids is 1. The summed E-state index contributed by atoms with van der Waals surface area (Å²) in [6, 6.07) is 7.84. The minimum atomic E-state index is -0.0148. The van der Waals surface area contributed by atoms with Crippen LogP contribution in [0.2, 0.25) is 0 Å². The van der Waals surface area contributed by atoms with Crippen LogP contribution in [0.15, 0.2) is 22.7 Å². The van der Waals surface area contributed by atoms with Crippen molar-refractivity contribution in [1.29, 1.82) is 5.26 Å². The second-order valence-electron chi connectivity index (χ2n) is 4.46. The van der Waals surface area contributed by atoms with Crippen molar-refractivity contribution in [1.82, 2.24) is 4.90 Å². The third kappa shape index (κ3) is 3.58. The third-order valence-electron chi connectivity index (χ3n) is 2.78. The normalized spacial score (nSPS) is 10.2. The van der Waals surface area contributed by atoms with E-state index in [4.69, 9.17) is 5.26 Å². The lowest BCUT2D eigenvalue weighted by Crippen LogP contribution is -2.38. The molecule has 1 rings (SSSR count). The van der Waals surface area contributed by atoms with Crippen LogP contribution in [0.4, 0.5) is 0 Å². The summed E-state index contributed by atoms with van der Waals surface area (Å²) in [7, 11) is 0. The van der Waals surface area contributed by atoms with Gasteiger partial charge in [-0.3, -0.25) is 4.79 Å². The number of nitrogens with zero attached hydrogens (tertiary/aromatic N) is 2. The first-order chi connectivity index (χ1) is 8.47. The van der Waals surface area contributed by atoms with Crippen molar-refractivity contribution in [2.45, 2.75) is 33.2 Å². The van der Waals surface area contributed by atoms with Crippen LogP contribution in [0.5, 0.6) is 0 Å².